The Hall–Kier alpha value is -1.19. The van der Waals surface area contributed by atoms with E-state index in [0.717, 1.165) is 29.7 Å². The smallest absolute Gasteiger partial charge is 0.267 e. The molecule has 1 aromatic heterocycles. The Balaban J connectivity index is 2.19. The van der Waals surface area contributed by atoms with Gasteiger partial charge in [-0.15, -0.1) is 0 Å². The van der Waals surface area contributed by atoms with Crippen LogP contribution < -0.4 is 5.56 Å². The van der Waals surface area contributed by atoms with Crippen molar-refractivity contribution in [3.05, 3.63) is 55.4 Å². The van der Waals surface area contributed by atoms with Gasteiger partial charge in [-0.2, -0.15) is 0 Å². The van der Waals surface area contributed by atoms with Crippen LogP contribution in [0.5, 0.6) is 0 Å². The molecule has 2 aromatic rings. The molecule has 2 rings (SSSR count). The highest BCUT2D eigenvalue weighted by molar-refractivity contribution is 6.35. The van der Waals surface area contributed by atoms with Gasteiger partial charge >= 0.3 is 0 Å². The van der Waals surface area contributed by atoms with Gasteiger partial charge in [-0.3, -0.25) is 9.89 Å². The molecule has 0 aliphatic heterocycles. The average molecular weight is 299 g/mol. The maximum Gasteiger partial charge on any atom is 0.267 e. The number of aromatic amines is 2. The number of nitrogens with one attached hydrogen (secondary N) is 2. The molecule has 5 heteroatoms. The van der Waals surface area contributed by atoms with Crippen molar-refractivity contribution in [2.45, 2.75) is 32.6 Å². The number of hydrogen-bond donors (Lipinski definition) is 2. The van der Waals surface area contributed by atoms with Crippen LogP contribution in [-0.4, -0.2) is 10.2 Å². The van der Waals surface area contributed by atoms with Gasteiger partial charge in [0.15, 0.2) is 0 Å². The van der Waals surface area contributed by atoms with Crippen LogP contribution in [0.1, 0.15) is 30.2 Å². The number of H-pyrrole nitrogens is 2. The fourth-order valence-corrected chi connectivity index (χ4v) is 2.76. The highest BCUT2D eigenvalue weighted by Gasteiger charge is 2.11. The molecule has 0 amide bonds. The van der Waals surface area contributed by atoms with Crippen LogP contribution in [0.2, 0.25) is 10.0 Å². The summed E-state index contributed by atoms with van der Waals surface area (Å²) in [4.78, 5) is 11.8. The van der Waals surface area contributed by atoms with Crippen LogP contribution in [-0.2, 0) is 19.3 Å². The minimum atomic E-state index is -0.0494. The van der Waals surface area contributed by atoms with Crippen LogP contribution in [0.4, 0.5) is 0 Å². The second-order valence-electron chi connectivity index (χ2n) is 4.49. The molecule has 0 saturated heterocycles. The Morgan fingerprint density at radius 1 is 1.00 bits per heavy atom. The van der Waals surface area contributed by atoms with E-state index in [1.807, 2.05) is 18.2 Å². The van der Waals surface area contributed by atoms with Crippen molar-refractivity contribution < 1.29 is 0 Å². The quantitative estimate of drug-likeness (QED) is 0.868. The van der Waals surface area contributed by atoms with Crippen LogP contribution in [0, 0.1) is 0 Å². The number of benzene rings is 1. The molecule has 0 saturated carbocycles. The predicted octanol–water partition coefficient (Wildman–Crippen LogP) is 3.75. The van der Waals surface area contributed by atoms with Gasteiger partial charge < -0.3 is 5.10 Å². The Labute approximate surface area is 121 Å². The summed E-state index contributed by atoms with van der Waals surface area (Å²) in [5, 5.41) is 6.88. The van der Waals surface area contributed by atoms with Crippen molar-refractivity contribution in [1.82, 2.24) is 10.2 Å². The molecule has 0 spiro atoms. The maximum atomic E-state index is 11.8. The molecule has 0 aliphatic rings. The van der Waals surface area contributed by atoms with Gasteiger partial charge in [0.1, 0.15) is 0 Å². The summed E-state index contributed by atoms with van der Waals surface area (Å²) in [5.74, 6) is 0. The van der Waals surface area contributed by atoms with Crippen LogP contribution >= 0.6 is 23.2 Å². The molecule has 0 aliphatic carbocycles. The van der Waals surface area contributed by atoms with Gasteiger partial charge in [-0.25, -0.2) is 0 Å². The Bertz CT molecular complexity index is 596. The molecule has 0 unspecified atom stereocenters. The number of aromatic nitrogens is 2. The van der Waals surface area contributed by atoms with E-state index in [1.54, 1.807) is 0 Å². The molecule has 1 heterocycles. The van der Waals surface area contributed by atoms with E-state index in [-0.39, 0.29) is 5.56 Å². The second kappa shape index (κ2) is 6.31. The third kappa shape index (κ3) is 3.23. The molecular formula is C14H16Cl2N2O. The van der Waals surface area contributed by atoms with Crippen LogP contribution in [0.3, 0.4) is 0 Å². The summed E-state index contributed by atoms with van der Waals surface area (Å²) >= 11 is 12.3. The lowest BCUT2D eigenvalue weighted by atomic mass is 10.0. The molecule has 0 fully saturated rings. The molecule has 0 bridgehead atoms. The van der Waals surface area contributed by atoms with Crippen LogP contribution in [0.15, 0.2) is 23.0 Å². The van der Waals surface area contributed by atoms with Crippen molar-refractivity contribution in [2.75, 3.05) is 0 Å². The predicted molar refractivity (Wildman–Crippen MR) is 79.3 cm³/mol. The van der Waals surface area contributed by atoms with Gasteiger partial charge in [0.2, 0.25) is 0 Å². The molecule has 19 heavy (non-hydrogen) atoms. The van der Waals surface area contributed by atoms with E-state index in [1.165, 1.54) is 0 Å². The van der Waals surface area contributed by atoms with E-state index in [0.29, 0.717) is 22.9 Å². The summed E-state index contributed by atoms with van der Waals surface area (Å²) < 4.78 is 0. The van der Waals surface area contributed by atoms with Gasteiger partial charge in [-0.1, -0.05) is 42.6 Å². The number of rotatable bonds is 5. The van der Waals surface area contributed by atoms with Crippen molar-refractivity contribution in [2.24, 2.45) is 0 Å². The first-order valence-corrected chi connectivity index (χ1v) is 7.10. The van der Waals surface area contributed by atoms with Gasteiger partial charge in [0.25, 0.3) is 5.56 Å². The minimum absolute atomic E-state index is 0.0494. The molecule has 0 atom stereocenters. The number of hydrogen-bond acceptors (Lipinski definition) is 1. The fourth-order valence-electron chi connectivity index (χ4n) is 2.17. The third-order valence-corrected chi connectivity index (χ3v) is 3.86. The molecular weight excluding hydrogens is 283 g/mol. The Kier molecular flexibility index (Phi) is 4.72. The Morgan fingerprint density at radius 2 is 1.63 bits per heavy atom. The normalized spacial score (nSPS) is 10.9. The lowest BCUT2D eigenvalue weighted by Crippen LogP contribution is -2.08. The third-order valence-electron chi connectivity index (χ3n) is 3.15. The summed E-state index contributed by atoms with van der Waals surface area (Å²) in [5.41, 5.74) is 2.63. The average Bonchev–Trinajstić information content (AvgIpc) is 2.71. The van der Waals surface area contributed by atoms with E-state index in [2.05, 4.69) is 17.1 Å². The summed E-state index contributed by atoms with van der Waals surface area (Å²) in [6.45, 7) is 2.08. The first-order valence-electron chi connectivity index (χ1n) is 6.34. The van der Waals surface area contributed by atoms with E-state index in [9.17, 15) is 4.79 Å². The maximum absolute atomic E-state index is 11.8. The molecule has 0 radical (unpaired) electrons. The van der Waals surface area contributed by atoms with Crippen molar-refractivity contribution in [1.29, 1.82) is 0 Å². The highest BCUT2D eigenvalue weighted by Crippen LogP contribution is 2.25. The van der Waals surface area contributed by atoms with Crippen molar-refractivity contribution in [3.8, 4) is 0 Å². The monoisotopic (exact) mass is 298 g/mol. The van der Waals surface area contributed by atoms with Crippen molar-refractivity contribution in [3.63, 3.8) is 0 Å². The lowest BCUT2D eigenvalue weighted by molar-refractivity contribution is 0.842. The van der Waals surface area contributed by atoms with Crippen LogP contribution in [0.25, 0.3) is 0 Å². The topological polar surface area (TPSA) is 48.6 Å². The fraction of sp³-hybridized carbons (Fsp3) is 0.357. The zero-order valence-electron chi connectivity index (χ0n) is 10.7. The van der Waals surface area contributed by atoms with E-state index >= 15 is 0 Å². The number of halogens is 2. The first-order chi connectivity index (χ1) is 9.13. The second-order valence-corrected chi connectivity index (χ2v) is 5.30. The highest BCUT2D eigenvalue weighted by atomic mass is 35.5. The molecule has 102 valence electrons. The summed E-state index contributed by atoms with van der Waals surface area (Å²) in [7, 11) is 0. The molecule has 2 N–H and O–H groups in total. The largest absolute Gasteiger partial charge is 0.302 e. The van der Waals surface area contributed by atoms with Gasteiger partial charge in [0.05, 0.1) is 0 Å². The lowest BCUT2D eigenvalue weighted by Gasteiger charge is -2.06. The van der Waals surface area contributed by atoms with Gasteiger partial charge in [-0.05, 0) is 37.0 Å². The van der Waals surface area contributed by atoms with Gasteiger partial charge in [0, 0.05) is 21.3 Å². The Morgan fingerprint density at radius 3 is 2.26 bits per heavy atom. The zero-order valence-corrected chi connectivity index (χ0v) is 12.2. The summed E-state index contributed by atoms with van der Waals surface area (Å²) in [6, 6.07) is 5.45. The zero-order chi connectivity index (χ0) is 13.8. The summed E-state index contributed by atoms with van der Waals surface area (Å²) in [6.07, 6.45) is 3.16. The first kappa shape index (κ1) is 14.2. The number of aryl methyl sites for hydroxylation is 1. The molecule has 3 nitrogen and oxygen atoms in total. The standard InChI is InChI=1S/C14H16Cl2N2O/c1-2-4-13-10(14(19)18-17-13)8-7-9-11(15)5-3-6-12(9)16/h3,5-6H,2,4,7-8H2,1H3,(H2,17,18,19). The van der Waals surface area contributed by atoms with Crippen molar-refractivity contribution >= 4 is 23.2 Å². The minimum Gasteiger partial charge on any atom is -0.302 e. The SMILES string of the molecule is CCCc1[nH][nH]c(=O)c1CCc1c(Cl)cccc1Cl. The van der Waals surface area contributed by atoms with E-state index < -0.39 is 0 Å². The van der Waals surface area contributed by atoms with E-state index in [4.69, 9.17) is 23.2 Å². The molecule has 1 aromatic carbocycles.